The van der Waals surface area contributed by atoms with Gasteiger partial charge in [-0.15, -0.1) is 11.3 Å². The van der Waals surface area contributed by atoms with Crippen LogP contribution in [0.4, 0.5) is 0 Å². The maximum Gasteiger partial charge on any atom is 0.255 e. The molecule has 0 bridgehead atoms. The van der Waals surface area contributed by atoms with E-state index in [9.17, 15) is 9.59 Å². The number of thiazole rings is 1. The van der Waals surface area contributed by atoms with E-state index in [2.05, 4.69) is 4.98 Å². The standard InChI is InChI=1S/C22H23ClN4O2S/c1-15-14-18(16(2)27(15)22-24-8-13-30-22)21(29)26-10-5-9-25(11-12-26)20(28)17-6-3-4-7-19(17)23/h3-4,6-8,13-14H,5,9-12H2,1-2H3. The lowest BCUT2D eigenvalue weighted by atomic mass is 10.2. The summed E-state index contributed by atoms with van der Waals surface area (Å²) in [5.74, 6) is -0.0882. The summed E-state index contributed by atoms with van der Waals surface area (Å²) >= 11 is 7.74. The first-order valence-corrected chi connectivity index (χ1v) is 11.1. The first-order chi connectivity index (χ1) is 14.5. The van der Waals surface area contributed by atoms with Crippen LogP contribution in [0.2, 0.25) is 5.02 Å². The predicted molar refractivity (Wildman–Crippen MR) is 119 cm³/mol. The molecule has 6 nitrogen and oxygen atoms in total. The van der Waals surface area contributed by atoms with Gasteiger partial charge in [-0.05, 0) is 38.5 Å². The molecule has 30 heavy (non-hydrogen) atoms. The third-order valence-corrected chi connectivity index (χ3v) is 6.53. The Bertz CT molecular complexity index is 1080. The lowest BCUT2D eigenvalue weighted by Crippen LogP contribution is -2.37. The van der Waals surface area contributed by atoms with Crippen LogP contribution in [0.3, 0.4) is 0 Å². The number of rotatable bonds is 3. The van der Waals surface area contributed by atoms with E-state index in [0.717, 1.165) is 22.9 Å². The number of aryl methyl sites for hydroxylation is 1. The molecule has 156 valence electrons. The molecular formula is C22H23ClN4O2S. The van der Waals surface area contributed by atoms with Gasteiger partial charge in [0.1, 0.15) is 0 Å². The molecule has 0 atom stereocenters. The van der Waals surface area contributed by atoms with Gasteiger partial charge in [0.2, 0.25) is 0 Å². The van der Waals surface area contributed by atoms with Gasteiger partial charge in [-0.3, -0.25) is 14.2 Å². The van der Waals surface area contributed by atoms with Crippen molar-refractivity contribution in [1.82, 2.24) is 19.4 Å². The van der Waals surface area contributed by atoms with Gasteiger partial charge in [-0.1, -0.05) is 23.7 Å². The Kier molecular flexibility index (Phi) is 5.92. The number of amides is 2. The van der Waals surface area contributed by atoms with E-state index < -0.39 is 0 Å². The highest BCUT2D eigenvalue weighted by atomic mass is 35.5. The van der Waals surface area contributed by atoms with E-state index in [1.54, 1.807) is 34.6 Å². The van der Waals surface area contributed by atoms with Crippen LogP contribution in [0.1, 0.15) is 38.5 Å². The van der Waals surface area contributed by atoms with Crippen molar-refractivity contribution in [3.63, 3.8) is 0 Å². The lowest BCUT2D eigenvalue weighted by molar-refractivity contribution is 0.0718. The van der Waals surface area contributed by atoms with E-state index in [0.29, 0.717) is 42.3 Å². The van der Waals surface area contributed by atoms with Gasteiger partial charge in [0.15, 0.2) is 5.13 Å². The molecule has 1 fully saturated rings. The quantitative estimate of drug-likeness (QED) is 0.611. The topological polar surface area (TPSA) is 58.4 Å². The summed E-state index contributed by atoms with van der Waals surface area (Å²) in [6, 6.07) is 9.01. The van der Waals surface area contributed by atoms with Crippen molar-refractivity contribution >= 4 is 34.8 Å². The van der Waals surface area contributed by atoms with Crippen LogP contribution in [-0.4, -0.2) is 57.3 Å². The number of hydrogen-bond acceptors (Lipinski definition) is 4. The van der Waals surface area contributed by atoms with Crippen molar-refractivity contribution < 1.29 is 9.59 Å². The van der Waals surface area contributed by atoms with Crippen molar-refractivity contribution in [2.45, 2.75) is 20.3 Å². The van der Waals surface area contributed by atoms with Crippen molar-refractivity contribution in [1.29, 1.82) is 0 Å². The molecule has 1 saturated heterocycles. The maximum absolute atomic E-state index is 13.3. The minimum atomic E-state index is -0.0863. The number of nitrogens with zero attached hydrogens (tertiary/aromatic N) is 4. The van der Waals surface area contributed by atoms with E-state index in [1.807, 2.05) is 46.9 Å². The summed E-state index contributed by atoms with van der Waals surface area (Å²) in [6.07, 6.45) is 2.49. The van der Waals surface area contributed by atoms with Gasteiger partial charge in [0, 0.05) is 49.1 Å². The highest BCUT2D eigenvalue weighted by molar-refractivity contribution is 7.12. The van der Waals surface area contributed by atoms with E-state index in [1.165, 1.54) is 0 Å². The van der Waals surface area contributed by atoms with E-state index in [-0.39, 0.29) is 11.8 Å². The van der Waals surface area contributed by atoms with Crippen molar-refractivity contribution in [2.75, 3.05) is 26.2 Å². The molecule has 3 heterocycles. The number of halogens is 1. The third-order valence-electron chi connectivity index (χ3n) is 5.45. The highest BCUT2D eigenvalue weighted by Crippen LogP contribution is 2.24. The summed E-state index contributed by atoms with van der Waals surface area (Å²) < 4.78 is 2.02. The molecule has 2 amide bonds. The van der Waals surface area contributed by atoms with Crippen LogP contribution in [0.25, 0.3) is 5.13 Å². The molecule has 0 aliphatic carbocycles. The Hall–Kier alpha value is -2.64. The minimum Gasteiger partial charge on any atom is -0.337 e. The normalized spacial score (nSPS) is 14.6. The zero-order chi connectivity index (χ0) is 21.3. The fourth-order valence-electron chi connectivity index (χ4n) is 3.90. The second-order valence-electron chi connectivity index (χ2n) is 7.35. The highest BCUT2D eigenvalue weighted by Gasteiger charge is 2.27. The summed E-state index contributed by atoms with van der Waals surface area (Å²) in [4.78, 5) is 34.2. The summed E-state index contributed by atoms with van der Waals surface area (Å²) in [6.45, 7) is 6.14. The summed E-state index contributed by atoms with van der Waals surface area (Å²) in [7, 11) is 0. The first kappa shape index (κ1) is 20.6. The number of hydrogen-bond donors (Lipinski definition) is 0. The molecule has 1 aliphatic heterocycles. The van der Waals surface area contributed by atoms with Crippen molar-refractivity contribution in [3.05, 3.63) is 69.4 Å². The SMILES string of the molecule is Cc1cc(C(=O)N2CCCN(C(=O)c3ccccc3Cl)CC2)c(C)n1-c1nccs1. The predicted octanol–water partition coefficient (Wildman–Crippen LogP) is 4.19. The Labute approximate surface area is 184 Å². The maximum atomic E-state index is 13.3. The molecule has 4 rings (SSSR count). The smallest absolute Gasteiger partial charge is 0.255 e. The lowest BCUT2D eigenvalue weighted by Gasteiger charge is -2.22. The second kappa shape index (κ2) is 8.62. The van der Waals surface area contributed by atoms with Crippen LogP contribution in [0, 0.1) is 13.8 Å². The van der Waals surface area contributed by atoms with Crippen LogP contribution < -0.4 is 0 Å². The Morgan fingerprint density at radius 3 is 2.30 bits per heavy atom. The molecule has 0 saturated carbocycles. The van der Waals surface area contributed by atoms with Crippen molar-refractivity contribution in [2.24, 2.45) is 0 Å². The van der Waals surface area contributed by atoms with Crippen LogP contribution in [0.5, 0.6) is 0 Å². The van der Waals surface area contributed by atoms with Crippen LogP contribution in [0.15, 0.2) is 41.9 Å². The van der Waals surface area contributed by atoms with E-state index in [4.69, 9.17) is 11.6 Å². The third kappa shape index (κ3) is 3.87. The van der Waals surface area contributed by atoms with Crippen molar-refractivity contribution in [3.8, 4) is 5.13 Å². The molecular weight excluding hydrogens is 420 g/mol. The average molecular weight is 443 g/mol. The molecule has 2 aromatic heterocycles. The Morgan fingerprint density at radius 2 is 1.67 bits per heavy atom. The Morgan fingerprint density at radius 1 is 1.00 bits per heavy atom. The van der Waals surface area contributed by atoms with Gasteiger partial charge in [-0.2, -0.15) is 0 Å². The molecule has 0 N–H and O–H groups in total. The zero-order valence-corrected chi connectivity index (χ0v) is 18.5. The molecule has 8 heteroatoms. The average Bonchev–Trinajstić information content (AvgIpc) is 3.27. The molecule has 0 radical (unpaired) electrons. The van der Waals surface area contributed by atoms with Gasteiger partial charge >= 0.3 is 0 Å². The number of benzene rings is 1. The molecule has 1 aliphatic rings. The fraction of sp³-hybridized carbons (Fsp3) is 0.318. The molecule has 0 spiro atoms. The van der Waals surface area contributed by atoms with Gasteiger partial charge in [0.05, 0.1) is 16.1 Å². The Balaban J connectivity index is 1.50. The zero-order valence-electron chi connectivity index (χ0n) is 17.0. The minimum absolute atomic E-state index is 0.00190. The summed E-state index contributed by atoms with van der Waals surface area (Å²) in [5, 5.41) is 3.24. The van der Waals surface area contributed by atoms with Crippen LogP contribution in [-0.2, 0) is 0 Å². The molecule has 1 aromatic carbocycles. The van der Waals surface area contributed by atoms with Gasteiger partial charge in [-0.25, -0.2) is 4.98 Å². The van der Waals surface area contributed by atoms with Crippen LogP contribution >= 0.6 is 22.9 Å². The van der Waals surface area contributed by atoms with Gasteiger partial charge < -0.3 is 9.80 Å². The fourth-order valence-corrected chi connectivity index (χ4v) is 4.87. The number of aromatic nitrogens is 2. The first-order valence-electron chi connectivity index (χ1n) is 9.89. The number of carbonyl (C=O) groups excluding carboxylic acids is 2. The summed E-state index contributed by atoms with van der Waals surface area (Å²) in [5.41, 5.74) is 3.07. The largest absolute Gasteiger partial charge is 0.337 e. The second-order valence-corrected chi connectivity index (χ2v) is 8.63. The van der Waals surface area contributed by atoms with E-state index >= 15 is 0 Å². The van der Waals surface area contributed by atoms with Gasteiger partial charge in [0.25, 0.3) is 11.8 Å². The molecule has 3 aromatic rings. The number of carbonyl (C=O) groups is 2. The molecule has 0 unspecified atom stereocenters. The monoisotopic (exact) mass is 442 g/mol.